The van der Waals surface area contributed by atoms with Crippen LogP contribution in [0.5, 0.6) is 0 Å². The molecule has 0 unspecified atom stereocenters. The van der Waals surface area contributed by atoms with E-state index >= 15 is 0 Å². The number of aryl methyl sites for hydroxylation is 1. The van der Waals surface area contributed by atoms with E-state index < -0.39 is 0 Å². The molecule has 1 aliphatic rings. The fourth-order valence-electron chi connectivity index (χ4n) is 3.33. The van der Waals surface area contributed by atoms with Crippen molar-refractivity contribution in [2.75, 3.05) is 0 Å². The first-order valence-electron chi connectivity index (χ1n) is 7.70. The molecule has 0 saturated heterocycles. The summed E-state index contributed by atoms with van der Waals surface area (Å²) in [7, 11) is 0. The molecule has 5 heterocycles. The molecule has 4 aromatic heterocycles. The third-order valence-electron chi connectivity index (χ3n) is 4.35. The second kappa shape index (κ2) is 4.99. The largest absolute Gasteiger partial charge is 0.268 e. The van der Waals surface area contributed by atoms with Gasteiger partial charge in [-0.15, -0.1) is 11.3 Å². The molecule has 0 bridgehead atoms. The number of thiazole rings is 1. The van der Waals surface area contributed by atoms with Crippen molar-refractivity contribution in [1.82, 2.24) is 29.9 Å². The first-order chi connectivity index (χ1) is 11.4. The minimum absolute atomic E-state index is 0.809. The van der Waals surface area contributed by atoms with Crippen LogP contribution in [0.15, 0.2) is 30.0 Å². The van der Waals surface area contributed by atoms with E-state index in [0.717, 1.165) is 40.3 Å². The van der Waals surface area contributed by atoms with Gasteiger partial charge in [-0.2, -0.15) is 10.2 Å². The average Bonchev–Trinajstić information content (AvgIpc) is 3.32. The van der Waals surface area contributed by atoms with Gasteiger partial charge in [-0.3, -0.25) is 9.78 Å². The normalized spacial score (nSPS) is 14.3. The minimum atomic E-state index is 0.809. The number of fused-ring (bicyclic) bond motifs is 2. The number of aromatic amines is 1. The van der Waals surface area contributed by atoms with Crippen molar-refractivity contribution in [1.29, 1.82) is 0 Å². The van der Waals surface area contributed by atoms with Gasteiger partial charge in [0.1, 0.15) is 10.7 Å². The third-order valence-corrected chi connectivity index (χ3v) is 5.13. The van der Waals surface area contributed by atoms with E-state index in [1.165, 1.54) is 24.1 Å². The Morgan fingerprint density at radius 3 is 3.09 bits per heavy atom. The monoisotopic (exact) mass is 322 g/mol. The van der Waals surface area contributed by atoms with Crippen molar-refractivity contribution in [2.45, 2.75) is 25.8 Å². The first-order valence-corrected chi connectivity index (χ1v) is 8.58. The van der Waals surface area contributed by atoms with Gasteiger partial charge in [0.05, 0.1) is 6.20 Å². The van der Waals surface area contributed by atoms with Crippen molar-refractivity contribution in [3.05, 3.63) is 35.7 Å². The Morgan fingerprint density at radius 2 is 2.17 bits per heavy atom. The molecule has 114 valence electrons. The fraction of sp³-hybridized carbons (Fsp3) is 0.250. The van der Waals surface area contributed by atoms with Crippen LogP contribution in [0.1, 0.15) is 18.5 Å². The van der Waals surface area contributed by atoms with Crippen molar-refractivity contribution >= 4 is 22.4 Å². The lowest BCUT2D eigenvalue weighted by molar-refractivity contribution is 0.487. The number of rotatable bonds is 2. The highest BCUT2D eigenvalue weighted by atomic mass is 32.1. The van der Waals surface area contributed by atoms with Gasteiger partial charge in [0.25, 0.3) is 0 Å². The first kappa shape index (κ1) is 13.0. The van der Waals surface area contributed by atoms with Crippen molar-refractivity contribution in [2.24, 2.45) is 0 Å². The number of aromatic nitrogens is 6. The predicted molar refractivity (Wildman–Crippen MR) is 89.2 cm³/mol. The zero-order valence-corrected chi connectivity index (χ0v) is 13.2. The molecule has 7 heteroatoms. The second-order valence-corrected chi connectivity index (χ2v) is 6.57. The molecule has 0 saturated carbocycles. The maximum atomic E-state index is 4.87. The van der Waals surface area contributed by atoms with E-state index in [2.05, 4.69) is 30.9 Å². The Morgan fingerprint density at radius 1 is 1.17 bits per heavy atom. The zero-order chi connectivity index (χ0) is 15.2. The lowest BCUT2D eigenvalue weighted by Gasteiger charge is -2.14. The summed E-state index contributed by atoms with van der Waals surface area (Å²) < 4.78 is 2.15. The molecule has 0 atom stereocenters. The Labute approximate surface area is 136 Å². The van der Waals surface area contributed by atoms with Gasteiger partial charge in [0.2, 0.25) is 0 Å². The highest BCUT2D eigenvalue weighted by Gasteiger charge is 2.25. The Hall–Kier alpha value is -2.54. The molecule has 4 aromatic rings. The Bertz CT molecular complexity index is 982. The van der Waals surface area contributed by atoms with E-state index in [1.807, 2.05) is 24.0 Å². The topological polar surface area (TPSA) is 72.3 Å². The second-order valence-electron chi connectivity index (χ2n) is 5.68. The van der Waals surface area contributed by atoms with Crippen LogP contribution in [-0.2, 0) is 13.0 Å². The molecule has 5 rings (SSSR count). The van der Waals surface area contributed by atoms with Crippen LogP contribution in [0.4, 0.5) is 0 Å². The van der Waals surface area contributed by atoms with Crippen LogP contribution in [-0.4, -0.2) is 29.9 Å². The molecular weight excluding hydrogens is 308 g/mol. The van der Waals surface area contributed by atoms with Gasteiger partial charge in [0, 0.05) is 41.0 Å². The van der Waals surface area contributed by atoms with Gasteiger partial charge < -0.3 is 0 Å². The fourth-order valence-corrected chi connectivity index (χ4v) is 3.96. The molecule has 1 N–H and O–H groups in total. The van der Waals surface area contributed by atoms with Crippen molar-refractivity contribution in [3.63, 3.8) is 0 Å². The zero-order valence-electron chi connectivity index (χ0n) is 12.4. The van der Waals surface area contributed by atoms with Crippen LogP contribution < -0.4 is 0 Å². The number of pyridine rings is 1. The quantitative estimate of drug-likeness (QED) is 0.615. The summed E-state index contributed by atoms with van der Waals surface area (Å²) in [6.45, 7) is 0.979. The molecule has 0 aliphatic carbocycles. The van der Waals surface area contributed by atoms with Crippen molar-refractivity contribution < 1.29 is 0 Å². The van der Waals surface area contributed by atoms with Crippen LogP contribution in [0.25, 0.3) is 32.9 Å². The highest BCUT2D eigenvalue weighted by Crippen LogP contribution is 2.39. The minimum Gasteiger partial charge on any atom is -0.268 e. The number of hydrogen-bond acceptors (Lipinski definition) is 5. The van der Waals surface area contributed by atoms with Gasteiger partial charge in [-0.05, 0) is 30.9 Å². The summed E-state index contributed by atoms with van der Waals surface area (Å²) in [6, 6.07) is 2.06. The summed E-state index contributed by atoms with van der Waals surface area (Å²) in [4.78, 5) is 8.85. The van der Waals surface area contributed by atoms with Crippen LogP contribution in [0, 0.1) is 0 Å². The van der Waals surface area contributed by atoms with E-state index in [9.17, 15) is 0 Å². The number of nitrogens with one attached hydrogen (secondary N) is 1. The predicted octanol–water partition coefficient (Wildman–Crippen LogP) is 3.28. The maximum absolute atomic E-state index is 4.87. The lowest BCUT2D eigenvalue weighted by atomic mass is 9.97. The molecule has 0 amide bonds. The van der Waals surface area contributed by atoms with Gasteiger partial charge in [-0.25, -0.2) is 9.97 Å². The Balaban J connectivity index is 1.85. The number of nitrogens with zero attached hydrogens (tertiary/aromatic N) is 5. The molecule has 0 aromatic carbocycles. The summed E-state index contributed by atoms with van der Waals surface area (Å²) in [5.74, 6) is 0. The SMILES string of the molecule is c1csc(-c2nn3c(c2-c2ccnc4[nH]ncc24)CCCC3)n1. The lowest BCUT2D eigenvalue weighted by Crippen LogP contribution is -2.11. The molecular formula is C16H14N6S. The summed E-state index contributed by atoms with van der Waals surface area (Å²) >= 11 is 1.63. The van der Waals surface area contributed by atoms with E-state index in [0.29, 0.717) is 0 Å². The smallest absolute Gasteiger partial charge is 0.155 e. The molecule has 1 aliphatic heterocycles. The molecule has 0 fully saturated rings. The third kappa shape index (κ3) is 1.93. The van der Waals surface area contributed by atoms with E-state index in [1.54, 1.807) is 11.3 Å². The average molecular weight is 322 g/mol. The van der Waals surface area contributed by atoms with Crippen LogP contribution in [0.3, 0.4) is 0 Å². The maximum Gasteiger partial charge on any atom is 0.155 e. The van der Waals surface area contributed by atoms with Gasteiger partial charge in [0.15, 0.2) is 5.65 Å². The van der Waals surface area contributed by atoms with Crippen molar-refractivity contribution in [3.8, 4) is 21.8 Å². The molecule has 0 radical (unpaired) electrons. The van der Waals surface area contributed by atoms with E-state index in [-0.39, 0.29) is 0 Å². The number of H-pyrrole nitrogens is 1. The highest BCUT2D eigenvalue weighted by molar-refractivity contribution is 7.13. The molecule has 0 spiro atoms. The summed E-state index contributed by atoms with van der Waals surface area (Å²) in [5.41, 5.74) is 5.41. The Kier molecular flexibility index (Phi) is 2.81. The van der Waals surface area contributed by atoms with Gasteiger partial charge in [-0.1, -0.05) is 0 Å². The summed E-state index contributed by atoms with van der Waals surface area (Å²) in [5, 5.41) is 16.0. The summed E-state index contributed by atoms with van der Waals surface area (Å²) in [6.07, 6.45) is 8.94. The van der Waals surface area contributed by atoms with Crippen LogP contribution >= 0.6 is 11.3 Å². The van der Waals surface area contributed by atoms with Crippen LogP contribution in [0.2, 0.25) is 0 Å². The standard InChI is InChI=1S/C16H14N6S/c1-2-7-22-12(3-1)13(14(21-22)16-18-6-8-23-16)10-4-5-17-15-11(10)9-19-20-15/h4-6,8-9H,1-3,7H2,(H,17,19,20). The molecule has 23 heavy (non-hydrogen) atoms. The van der Waals surface area contributed by atoms with Gasteiger partial charge >= 0.3 is 0 Å². The molecule has 6 nitrogen and oxygen atoms in total. The number of hydrogen-bond donors (Lipinski definition) is 1. The van der Waals surface area contributed by atoms with E-state index in [4.69, 9.17) is 5.10 Å².